The minimum Gasteiger partial charge on any atom is -0.452 e. The topological polar surface area (TPSA) is 69.6 Å². The normalized spacial score (nSPS) is 10.6. The van der Waals surface area contributed by atoms with Crippen molar-refractivity contribution in [1.82, 2.24) is 9.88 Å². The third-order valence-corrected chi connectivity index (χ3v) is 4.22. The summed E-state index contributed by atoms with van der Waals surface area (Å²) >= 11 is 0. The number of carbonyl (C=O) groups excluding carboxylic acids is 2. The molecule has 0 spiro atoms. The third kappa shape index (κ3) is 6.16. The number of hydrogen-bond donors (Lipinski definition) is 1. The maximum atomic E-state index is 12.1. The van der Waals surface area contributed by atoms with Crippen LogP contribution in [0.5, 0.6) is 5.75 Å². The SMILES string of the molecule is O=C(COC(=O)c1ccc(-n2cccc2)cc1)NCCc1ccc(OC(F)F)cc1. The number of hydrogen-bond acceptors (Lipinski definition) is 4. The lowest BCUT2D eigenvalue weighted by Gasteiger charge is -2.08. The zero-order valence-corrected chi connectivity index (χ0v) is 16.0. The molecule has 156 valence electrons. The van der Waals surface area contributed by atoms with Crippen molar-refractivity contribution in [2.24, 2.45) is 0 Å². The molecule has 0 bridgehead atoms. The molecule has 8 heteroatoms. The molecule has 0 saturated carbocycles. The van der Waals surface area contributed by atoms with Crippen LogP contribution in [0, 0.1) is 0 Å². The predicted octanol–water partition coefficient (Wildman–Crippen LogP) is 3.59. The number of alkyl halides is 2. The van der Waals surface area contributed by atoms with E-state index in [0.29, 0.717) is 18.5 Å². The number of halogens is 2. The first-order valence-electron chi connectivity index (χ1n) is 9.22. The van der Waals surface area contributed by atoms with Gasteiger partial charge in [-0.25, -0.2) is 4.79 Å². The Kier molecular flexibility index (Phi) is 7.15. The Morgan fingerprint density at radius 2 is 1.63 bits per heavy atom. The second kappa shape index (κ2) is 10.2. The van der Waals surface area contributed by atoms with Gasteiger partial charge in [0.2, 0.25) is 0 Å². The van der Waals surface area contributed by atoms with Crippen LogP contribution in [-0.4, -0.2) is 36.2 Å². The van der Waals surface area contributed by atoms with E-state index >= 15 is 0 Å². The molecule has 1 heterocycles. The largest absolute Gasteiger partial charge is 0.452 e. The molecule has 0 aliphatic carbocycles. The summed E-state index contributed by atoms with van der Waals surface area (Å²) in [5.41, 5.74) is 2.10. The summed E-state index contributed by atoms with van der Waals surface area (Å²) in [6, 6.07) is 16.8. The van der Waals surface area contributed by atoms with Gasteiger partial charge < -0.3 is 19.4 Å². The van der Waals surface area contributed by atoms with Gasteiger partial charge in [-0.2, -0.15) is 8.78 Å². The molecule has 0 fully saturated rings. The summed E-state index contributed by atoms with van der Waals surface area (Å²) in [5.74, 6) is -0.935. The number of amides is 1. The van der Waals surface area contributed by atoms with Crippen LogP contribution < -0.4 is 10.1 Å². The summed E-state index contributed by atoms with van der Waals surface area (Å²) < 4.78 is 35.4. The van der Waals surface area contributed by atoms with Gasteiger partial charge in [0.25, 0.3) is 5.91 Å². The van der Waals surface area contributed by atoms with Crippen LogP contribution in [0.3, 0.4) is 0 Å². The van der Waals surface area contributed by atoms with Gasteiger partial charge in [0.15, 0.2) is 6.61 Å². The Hall–Kier alpha value is -3.68. The number of esters is 1. The van der Waals surface area contributed by atoms with E-state index in [1.807, 2.05) is 29.1 Å². The summed E-state index contributed by atoms with van der Waals surface area (Å²) in [6.45, 7) is -2.94. The van der Waals surface area contributed by atoms with Gasteiger partial charge in [-0.15, -0.1) is 0 Å². The number of nitrogens with zero attached hydrogens (tertiary/aromatic N) is 1. The van der Waals surface area contributed by atoms with Crippen molar-refractivity contribution in [3.63, 3.8) is 0 Å². The second-order valence-electron chi connectivity index (χ2n) is 6.34. The number of ether oxygens (including phenoxy) is 2. The van der Waals surface area contributed by atoms with Crippen molar-refractivity contribution in [3.8, 4) is 11.4 Å². The van der Waals surface area contributed by atoms with Gasteiger partial charge in [-0.3, -0.25) is 4.79 Å². The van der Waals surface area contributed by atoms with Gasteiger partial charge in [-0.1, -0.05) is 12.1 Å². The molecule has 0 unspecified atom stereocenters. The molecule has 30 heavy (non-hydrogen) atoms. The van der Waals surface area contributed by atoms with Gasteiger partial charge >= 0.3 is 12.6 Å². The lowest BCUT2D eigenvalue weighted by Crippen LogP contribution is -2.30. The monoisotopic (exact) mass is 414 g/mol. The average Bonchev–Trinajstić information content (AvgIpc) is 3.28. The van der Waals surface area contributed by atoms with E-state index in [0.717, 1.165) is 11.3 Å². The van der Waals surface area contributed by atoms with Crippen LogP contribution in [0.15, 0.2) is 73.1 Å². The summed E-state index contributed by atoms with van der Waals surface area (Å²) in [7, 11) is 0. The van der Waals surface area contributed by atoms with E-state index in [9.17, 15) is 18.4 Å². The van der Waals surface area contributed by atoms with Gasteiger partial charge in [0.05, 0.1) is 5.56 Å². The molecule has 1 amide bonds. The van der Waals surface area contributed by atoms with Crippen LogP contribution >= 0.6 is 0 Å². The highest BCUT2D eigenvalue weighted by molar-refractivity contribution is 5.91. The first kappa shape index (κ1) is 21.0. The predicted molar refractivity (Wildman–Crippen MR) is 106 cm³/mol. The molecule has 0 aliphatic heterocycles. The van der Waals surface area contributed by atoms with E-state index in [2.05, 4.69) is 10.1 Å². The van der Waals surface area contributed by atoms with Gasteiger partial charge in [0.1, 0.15) is 5.75 Å². The van der Waals surface area contributed by atoms with Crippen molar-refractivity contribution in [1.29, 1.82) is 0 Å². The van der Waals surface area contributed by atoms with Crippen molar-refractivity contribution < 1.29 is 27.8 Å². The van der Waals surface area contributed by atoms with Crippen LogP contribution in [-0.2, 0) is 16.0 Å². The lowest BCUT2D eigenvalue weighted by molar-refractivity contribution is -0.124. The standard InChI is InChI=1S/C22H20F2N2O4/c23-22(24)30-19-9-3-16(4-10-19)11-12-25-20(27)15-29-21(28)17-5-7-18(8-6-17)26-13-1-2-14-26/h1-10,13-14,22H,11-12,15H2,(H,25,27). The molecule has 0 atom stereocenters. The van der Waals surface area contributed by atoms with E-state index in [4.69, 9.17) is 4.74 Å². The quantitative estimate of drug-likeness (QED) is 0.544. The minimum absolute atomic E-state index is 0.0751. The van der Waals surface area contributed by atoms with Crippen molar-refractivity contribution in [2.75, 3.05) is 13.2 Å². The number of carbonyl (C=O) groups is 2. The first-order valence-corrected chi connectivity index (χ1v) is 9.22. The molecule has 0 radical (unpaired) electrons. The van der Waals surface area contributed by atoms with Crippen molar-refractivity contribution in [2.45, 2.75) is 13.0 Å². The fraction of sp³-hybridized carbons (Fsp3) is 0.182. The summed E-state index contributed by atoms with van der Waals surface area (Å²) in [4.78, 5) is 23.9. The molecule has 6 nitrogen and oxygen atoms in total. The van der Waals surface area contributed by atoms with Crippen LogP contribution in [0.2, 0.25) is 0 Å². The molecule has 2 aromatic carbocycles. The molecular weight excluding hydrogens is 394 g/mol. The highest BCUT2D eigenvalue weighted by Crippen LogP contribution is 2.15. The first-order chi connectivity index (χ1) is 14.5. The van der Waals surface area contributed by atoms with Crippen LogP contribution in [0.1, 0.15) is 15.9 Å². The smallest absolute Gasteiger partial charge is 0.387 e. The fourth-order valence-corrected chi connectivity index (χ4v) is 2.73. The number of rotatable bonds is 9. The van der Waals surface area contributed by atoms with Gasteiger partial charge in [0, 0.05) is 24.6 Å². The van der Waals surface area contributed by atoms with Crippen LogP contribution in [0.25, 0.3) is 5.69 Å². The highest BCUT2D eigenvalue weighted by Gasteiger charge is 2.10. The Balaban J connectivity index is 1.38. The van der Waals surface area contributed by atoms with Crippen LogP contribution in [0.4, 0.5) is 8.78 Å². The summed E-state index contributed by atoms with van der Waals surface area (Å²) in [5, 5.41) is 2.64. The van der Waals surface area contributed by atoms with E-state index in [1.54, 1.807) is 36.4 Å². The fourth-order valence-electron chi connectivity index (χ4n) is 2.73. The Labute approximate surface area is 172 Å². The molecule has 1 aromatic heterocycles. The molecule has 0 aliphatic rings. The maximum absolute atomic E-state index is 12.1. The zero-order chi connectivity index (χ0) is 21.3. The van der Waals surface area contributed by atoms with Crippen molar-refractivity contribution >= 4 is 11.9 Å². The molecule has 0 saturated heterocycles. The van der Waals surface area contributed by atoms with Gasteiger partial charge in [-0.05, 0) is 60.5 Å². The molecule has 1 N–H and O–H groups in total. The number of nitrogens with one attached hydrogen (secondary N) is 1. The average molecular weight is 414 g/mol. The van der Waals surface area contributed by atoms with E-state index in [1.165, 1.54) is 12.1 Å². The Bertz CT molecular complexity index is 956. The summed E-state index contributed by atoms with van der Waals surface area (Å²) in [6.07, 6.45) is 4.28. The maximum Gasteiger partial charge on any atom is 0.387 e. The number of aromatic nitrogens is 1. The molecule has 3 aromatic rings. The second-order valence-corrected chi connectivity index (χ2v) is 6.34. The lowest BCUT2D eigenvalue weighted by atomic mass is 10.1. The molecular formula is C22H20F2N2O4. The highest BCUT2D eigenvalue weighted by atomic mass is 19.3. The van der Waals surface area contributed by atoms with E-state index < -0.39 is 18.5 Å². The minimum atomic E-state index is -2.87. The van der Waals surface area contributed by atoms with Crippen molar-refractivity contribution in [3.05, 3.63) is 84.2 Å². The Morgan fingerprint density at radius 3 is 2.27 bits per heavy atom. The van der Waals surface area contributed by atoms with E-state index in [-0.39, 0.29) is 12.4 Å². The molecule has 3 rings (SSSR count). The number of benzene rings is 2. The zero-order valence-electron chi connectivity index (χ0n) is 16.0. The third-order valence-electron chi connectivity index (χ3n) is 4.22. The Morgan fingerprint density at radius 1 is 0.967 bits per heavy atom.